The largest absolute Gasteiger partial charge is 0.379 e. The van der Waals surface area contributed by atoms with Crippen molar-refractivity contribution in [3.05, 3.63) is 17.8 Å². The van der Waals surface area contributed by atoms with Crippen LogP contribution in [0, 0.1) is 5.92 Å². The lowest BCUT2D eigenvalue weighted by Crippen LogP contribution is -2.28. The molecule has 7 heteroatoms. The number of nitrogens with zero attached hydrogens (tertiary/aromatic N) is 2. The second kappa shape index (κ2) is 6.27. The van der Waals surface area contributed by atoms with Gasteiger partial charge in [-0.25, -0.2) is 5.84 Å². The van der Waals surface area contributed by atoms with Gasteiger partial charge >= 0.3 is 0 Å². The Bertz CT molecular complexity index is 391. The van der Waals surface area contributed by atoms with Gasteiger partial charge in [-0.15, -0.1) is 10.2 Å². The van der Waals surface area contributed by atoms with E-state index in [-0.39, 0.29) is 11.6 Å². The zero-order chi connectivity index (χ0) is 12.8. The molecular formula is C11H17N5O2. The first-order valence-corrected chi connectivity index (χ1v) is 5.96. The van der Waals surface area contributed by atoms with Gasteiger partial charge in [-0.2, -0.15) is 0 Å². The third-order valence-corrected chi connectivity index (χ3v) is 2.63. The van der Waals surface area contributed by atoms with E-state index >= 15 is 0 Å². The summed E-state index contributed by atoms with van der Waals surface area (Å²) in [5, 5.41) is 10.2. The Balaban J connectivity index is 1.65. The van der Waals surface area contributed by atoms with Crippen molar-refractivity contribution >= 4 is 11.7 Å². The van der Waals surface area contributed by atoms with Crippen LogP contribution in [0.1, 0.15) is 23.3 Å². The van der Waals surface area contributed by atoms with Crippen LogP contribution in [0.25, 0.3) is 0 Å². The molecule has 4 N–H and O–H groups in total. The Morgan fingerprint density at radius 3 is 2.89 bits per heavy atom. The molecule has 18 heavy (non-hydrogen) atoms. The summed E-state index contributed by atoms with van der Waals surface area (Å²) in [6, 6.07) is 3.15. The molecular weight excluding hydrogens is 234 g/mol. The summed E-state index contributed by atoms with van der Waals surface area (Å²) in [4.78, 5) is 11.6. The van der Waals surface area contributed by atoms with E-state index in [0.717, 1.165) is 12.5 Å². The number of hydrogen-bond donors (Lipinski definition) is 3. The van der Waals surface area contributed by atoms with Crippen molar-refractivity contribution < 1.29 is 9.53 Å². The molecule has 0 unspecified atom stereocenters. The van der Waals surface area contributed by atoms with Crippen LogP contribution in [0.4, 0.5) is 5.82 Å². The van der Waals surface area contributed by atoms with Crippen LogP contribution in [-0.4, -0.2) is 35.9 Å². The Hall–Kier alpha value is -1.73. The standard InChI is InChI=1S/C11H17N5O2/c12-14-10-4-3-9(15-16-10)11(17)13-5-6-18-7-8-1-2-8/h3-4,8H,1-2,5-7,12H2,(H,13,17)(H,14,16). The smallest absolute Gasteiger partial charge is 0.271 e. The molecule has 1 aliphatic rings. The highest BCUT2D eigenvalue weighted by atomic mass is 16.5. The molecule has 0 spiro atoms. The van der Waals surface area contributed by atoms with Crippen molar-refractivity contribution in [2.75, 3.05) is 25.2 Å². The van der Waals surface area contributed by atoms with Crippen molar-refractivity contribution in [2.45, 2.75) is 12.8 Å². The Kier molecular flexibility index (Phi) is 4.43. The van der Waals surface area contributed by atoms with Gasteiger partial charge in [-0.1, -0.05) is 0 Å². The van der Waals surface area contributed by atoms with Crippen LogP contribution < -0.4 is 16.6 Å². The van der Waals surface area contributed by atoms with E-state index in [4.69, 9.17) is 10.6 Å². The minimum Gasteiger partial charge on any atom is -0.379 e. The first-order chi connectivity index (χ1) is 8.79. The zero-order valence-corrected chi connectivity index (χ0v) is 10.1. The minimum absolute atomic E-state index is 0.260. The van der Waals surface area contributed by atoms with Crippen molar-refractivity contribution in [1.82, 2.24) is 15.5 Å². The van der Waals surface area contributed by atoms with E-state index in [1.807, 2.05) is 0 Å². The molecule has 2 rings (SSSR count). The number of amides is 1. The molecule has 1 saturated carbocycles. The summed E-state index contributed by atoms with van der Waals surface area (Å²) in [6.45, 7) is 1.80. The SMILES string of the molecule is NNc1ccc(C(=O)NCCOCC2CC2)nn1. The van der Waals surface area contributed by atoms with Gasteiger partial charge in [-0.05, 0) is 30.9 Å². The van der Waals surface area contributed by atoms with Gasteiger partial charge in [0.15, 0.2) is 11.5 Å². The zero-order valence-electron chi connectivity index (χ0n) is 10.1. The van der Waals surface area contributed by atoms with Gasteiger partial charge < -0.3 is 15.5 Å². The van der Waals surface area contributed by atoms with E-state index in [0.29, 0.717) is 19.0 Å². The molecule has 1 aromatic rings. The monoisotopic (exact) mass is 251 g/mol. The lowest BCUT2D eigenvalue weighted by molar-refractivity contribution is 0.0901. The summed E-state index contributed by atoms with van der Waals surface area (Å²) in [5.74, 6) is 6.04. The molecule has 1 heterocycles. The van der Waals surface area contributed by atoms with Crippen molar-refractivity contribution in [3.8, 4) is 0 Å². The number of ether oxygens (including phenoxy) is 1. The van der Waals surface area contributed by atoms with Crippen LogP contribution >= 0.6 is 0 Å². The molecule has 1 aliphatic carbocycles. The molecule has 0 radical (unpaired) electrons. The highest BCUT2D eigenvalue weighted by molar-refractivity contribution is 5.92. The Morgan fingerprint density at radius 1 is 1.44 bits per heavy atom. The van der Waals surface area contributed by atoms with Gasteiger partial charge in [0.2, 0.25) is 0 Å². The predicted molar refractivity (Wildman–Crippen MR) is 65.7 cm³/mol. The van der Waals surface area contributed by atoms with Crippen LogP contribution in [-0.2, 0) is 4.74 Å². The lowest BCUT2D eigenvalue weighted by Gasteiger charge is -2.05. The van der Waals surface area contributed by atoms with E-state index in [1.165, 1.54) is 12.8 Å². The number of carbonyl (C=O) groups excluding carboxylic acids is 1. The summed E-state index contributed by atoms with van der Waals surface area (Å²) in [5.41, 5.74) is 2.60. The van der Waals surface area contributed by atoms with Crippen molar-refractivity contribution in [2.24, 2.45) is 11.8 Å². The number of hydrogen-bond acceptors (Lipinski definition) is 6. The van der Waals surface area contributed by atoms with Crippen LogP contribution in [0.2, 0.25) is 0 Å². The molecule has 98 valence electrons. The second-order valence-electron chi connectivity index (χ2n) is 4.22. The summed E-state index contributed by atoms with van der Waals surface area (Å²) < 4.78 is 5.40. The van der Waals surface area contributed by atoms with Crippen molar-refractivity contribution in [1.29, 1.82) is 0 Å². The molecule has 1 fully saturated rings. The van der Waals surface area contributed by atoms with Crippen molar-refractivity contribution in [3.63, 3.8) is 0 Å². The summed E-state index contributed by atoms with van der Waals surface area (Å²) in [6.07, 6.45) is 2.53. The van der Waals surface area contributed by atoms with Crippen LogP contribution in [0.15, 0.2) is 12.1 Å². The lowest BCUT2D eigenvalue weighted by atomic mass is 10.3. The third kappa shape index (κ3) is 3.94. The average molecular weight is 251 g/mol. The number of nitrogens with two attached hydrogens (primary N) is 1. The van der Waals surface area contributed by atoms with Crippen LogP contribution in [0.5, 0.6) is 0 Å². The number of aromatic nitrogens is 2. The number of nitrogens with one attached hydrogen (secondary N) is 2. The predicted octanol–water partition coefficient (Wildman–Crippen LogP) is -0.0814. The van der Waals surface area contributed by atoms with Crippen LogP contribution in [0.3, 0.4) is 0 Å². The fourth-order valence-corrected chi connectivity index (χ4v) is 1.39. The Labute approximate surface area is 105 Å². The molecule has 0 saturated heterocycles. The molecule has 0 bridgehead atoms. The summed E-state index contributed by atoms with van der Waals surface area (Å²) >= 11 is 0. The average Bonchev–Trinajstić information content (AvgIpc) is 3.22. The van der Waals surface area contributed by atoms with Gasteiger partial charge in [-0.3, -0.25) is 4.79 Å². The van der Waals surface area contributed by atoms with E-state index in [1.54, 1.807) is 12.1 Å². The number of carbonyl (C=O) groups is 1. The topological polar surface area (TPSA) is 102 Å². The van der Waals surface area contributed by atoms with E-state index in [9.17, 15) is 4.79 Å². The first kappa shape index (κ1) is 12.7. The minimum atomic E-state index is -0.263. The normalized spacial score (nSPS) is 14.3. The van der Waals surface area contributed by atoms with Gasteiger partial charge in [0.25, 0.3) is 5.91 Å². The summed E-state index contributed by atoms with van der Waals surface area (Å²) in [7, 11) is 0. The maximum Gasteiger partial charge on any atom is 0.271 e. The Morgan fingerprint density at radius 2 is 2.28 bits per heavy atom. The number of nitrogen functional groups attached to an aromatic ring is 1. The van der Waals surface area contributed by atoms with E-state index < -0.39 is 0 Å². The number of rotatable bonds is 7. The maximum atomic E-state index is 11.6. The van der Waals surface area contributed by atoms with E-state index in [2.05, 4.69) is 20.9 Å². The molecule has 7 nitrogen and oxygen atoms in total. The molecule has 0 aliphatic heterocycles. The molecule has 1 amide bonds. The molecule has 0 atom stereocenters. The number of anilines is 1. The fourth-order valence-electron chi connectivity index (χ4n) is 1.39. The quantitative estimate of drug-likeness (QED) is 0.356. The molecule has 0 aromatic carbocycles. The first-order valence-electron chi connectivity index (χ1n) is 5.96. The van der Waals surface area contributed by atoms with Gasteiger partial charge in [0, 0.05) is 13.2 Å². The second-order valence-corrected chi connectivity index (χ2v) is 4.22. The van der Waals surface area contributed by atoms with Gasteiger partial charge in [0.05, 0.1) is 6.61 Å². The maximum absolute atomic E-state index is 11.6. The molecule has 1 aromatic heterocycles. The third-order valence-electron chi connectivity index (χ3n) is 2.63. The highest BCUT2D eigenvalue weighted by Gasteiger charge is 2.20. The highest BCUT2D eigenvalue weighted by Crippen LogP contribution is 2.28. The van der Waals surface area contributed by atoms with Gasteiger partial charge in [0.1, 0.15) is 0 Å². The number of hydrazine groups is 1. The fraction of sp³-hybridized carbons (Fsp3) is 0.545.